The fourth-order valence-corrected chi connectivity index (χ4v) is 3.23. The van der Waals surface area contributed by atoms with Crippen LogP contribution in [0.2, 0.25) is 0 Å². The summed E-state index contributed by atoms with van der Waals surface area (Å²) in [5.74, 6) is -4.69. The van der Waals surface area contributed by atoms with Crippen molar-refractivity contribution in [3.8, 4) is 0 Å². The van der Waals surface area contributed by atoms with E-state index >= 15 is 0 Å². The largest absolute Gasteiger partial charge is 0.480 e. The molecule has 0 aliphatic heterocycles. The highest BCUT2D eigenvalue weighted by molar-refractivity contribution is 6.02. The van der Waals surface area contributed by atoms with E-state index in [0.29, 0.717) is 0 Å². The first-order chi connectivity index (χ1) is 14.1. The van der Waals surface area contributed by atoms with Gasteiger partial charge in [-0.15, -0.1) is 0 Å². The number of esters is 1. The molecule has 0 heterocycles. The molecule has 0 aliphatic carbocycles. The van der Waals surface area contributed by atoms with E-state index in [9.17, 15) is 19.5 Å². The molecule has 30 heavy (non-hydrogen) atoms. The molecule has 0 spiro atoms. The molecule has 3 atom stereocenters. The molecule has 0 aromatic heterocycles. The van der Waals surface area contributed by atoms with Gasteiger partial charge in [-0.05, 0) is 44.7 Å². The molecule has 0 saturated carbocycles. The van der Waals surface area contributed by atoms with Crippen LogP contribution in [0, 0.1) is 11.8 Å². The van der Waals surface area contributed by atoms with Gasteiger partial charge in [0.1, 0.15) is 17.6 Å². The molecule has 3 N–H and O–H groups in total. The minimum atomic E-state index is -1.43. The van der Waals surface area contributed by atoms with Gasteiger partial charge < -0.3 is 15.6 Å². The van der Waals surface area contributed by atoms with Crippen molar-refractivity contribution in [3.05, 3.63) is 71.8 Å². The van der Waals surface area contributed by atoms with Crippen molar-refractivity contribution in [2.75, 3.05) is 0 Å². The lowest BCUT2D eigenvalue weighted by atomic mass is 9.81. The van der Waals surface area contributed by atoms with E-state index in [2.05, 4.69) is 0 Å². The van der Waals surface area contributed by atoms with Gasteiger partial charge in [0, 0.05) is 5.92 Å². The maximum Gasteiger partial charge on any atom is 0.321 e. The van der Waals surface area contributed by atoms with E-state index < -0.39 is 41.2 Å². The van der Waals surface area contributed by atoms with Gasteiger partial charge in [-0.25, -0.2) is 0 Å². The van der Waals surface area contributed by atoms with E-state index in [-0.39, 0.29) is 12.8 Å². The van der Waals surface area contributed by atoms with Crippen LogP contribution in [-0.2, 0) is 32.0 Å². The molecule has 6 heteroatoms. The SMILES string of the molecule is CC(C)(C)OC(=O)[C@@H](Cc1ccccc1)C(=O)C(Cc1ccccc1)C(N)C(=O)O. The zero-order chi connectivity index (χ0) is 22.3. The fraction of sp³-hybridized carbons (Fsp3) is 0.375. The molecule has 2 unspecified atom stereocenters. The predicted molar refractivity (Wildman–Crippen MR) is 114 cm³/mol. The lowest BCUT2D eigenvalue weighted by Gasteiger charge is -2.27. The van der Waals surface area contributed by atoms with Gasteiger partial charge in [-0.2, -0.15) is 0 Å². The van der Waals surface area contributed by atoms with Gasteiger partial charge in [0.15, 0.2) is 5.78 Å². The molecule has 6 nitrogen and oxygen atoms in total. The molecule has 2 rings (SSSR count). The van der Waals surface area contributed by atoms with E-state index in [1.54, 1.807) is 45.0 Å². The van der Waals surface area contributed by atoms with Crippen LogP contribution in [0.3, 0.4) is 0 Å². The highest BCUT2D eigenvalue weighted by Gasteiger charge is 2.40. The first-order valence-corrected chi connectivity index (χ1v) is 9.91. The standard InChI is InChI=1S/C24H29NO5/c1-24(2,3)30-23(29)19(15-17-12-8-5-9-13-17)21(26)18(20(25)22(27)28)14-16-10-6-4-7-11-16/h4-13,18-20H,14-15,25H2,1-3H3,(H,27,28)/t18?,19-,20?/m0/s1. The Kier molecular flexibility index (Phi) is 7.89. The number of aliphatic carboxylic acids is 1. The number of nitrogens with two attached hydrogens (primary N) is 1. The normalized spacial score (nSPS) is 14.4. The number of carboxylic acids is 1. The molecule has 0 amide bonds. The molecule has 0 bridgehead atoms. The lowest BCUT2D eigenvalue weighted by molar-refractivity contribution is -0.163. The summed E-state index contributed by atoms with van der Waals surface area (Å²) in [6.45, 7) is 5.16. The summed E-state index contributed by atoms with van der Waals surface area (Å²) in [5, 5.41) is 9.48. The number of hydrogen-bond donors (Lipinski definition) is 2. The third kappa shape index (κ3) is 6.81. The molecule has 2 aromatic carbocycles. The Labute approximate surface area is 177 Å². The molecular weight excluding hydrogens is 382 g/mol. The Bertz CT molecular complexity index is 858. The summed E-state index contributed by atoms with van der Waals surface area (Å²) in [4.78, 5) is 38.0. The predicted octanol–water partition coefficient (Wildman–Crippen LogP) is 3.03. The number of carbonyl (C=O) groups is 3. The van der Waals surface area contributed by atoms with Crippen LogP contribution < -0.4 is 5.73 Å². The second kappa shape index (κ2) is 10.2. The van der Waals surface area contributed by atoms with Gasteiger partial charge >= 0.3 is 11.9 Å². The van der Waals surface area contributed by atoms with Crippen LogP contribution >= 0.6 is 0 Å². The van der Waals surface area contributed by atoms with Gasteiger partial charge in [-0.3, -0.25) is 14.4 Å². The number of rotatable bonds is 9. The highest BCUT2D eigenvalue weighted by atomic mass is 16.6. The van der Waals surface area contributed by atoms with E-state index in [4.69, 9.17) is 10.5 Å². The number of Topliss-reactive ketones (excluding diaryl/α,β-unsaturated/α-hetero) is 1. The first kappa shape index (κ1) is 23.3. The van der Waals surface area contributed by atoms with Gasteiger partial charge in [0.2, 0.25) is 0 Å². The Hall–Kier alpha value is -2.99. The quantitative estimate of drug-likeness (QED) is 0.485. The molecule has 0 radical (unpaired) electrons. The number of ether oxygens (including phenoxy) is 1. The summed E-state index contributed by atoms with van der Waals surface area (Å²) in [6.07, 6.45) is 0.243. The van der Waals surface area contributed by atoms with E-state index in [0.717, 1.165) is 11.1 Å². The molecule has 160 valence electrons. The third-order valence-corrected chi connectivity index (χ3v) is 4.70. The summed E-state index contributed by atoms with van der Waals surface area (Å²) < 4.78 is 5.49. The number of carbonyl (C=O) groups excluding carboxylic acids is 2. The average molecular weight is 411 g/mol. The average Bonchev–Trinajstić information content (AvgIpc) is 2.69. The lowest BCUT2D eigenvalue weighted by Crippen LogP contribution is -2.47. The van der Waals surface area contributed by atoms with Crippen LogP contribution in [0.25, 0.3) is 0 Å². The molecule has 2 aromatic rings. The number of hydrogen-bond acceptors (Lipinski definition) is 5. The second-order valence-corrected chi connectivity index (χ2v) is 8.34. The van der Waals surface area contributed by atoms with E-state index in [1.165, 1.54) is 0 Å². The van der Waals surface area contributed by atoms with Crippen molar-refractivity contribution in [2.45, 2.75) is 45.3 Å². The van der Waals surface area contributed by atoms with Crippen molar-refractivity contribution in [3.63, 3.8) is 0 Å². The summed E-state index contributed by atoms with van der Waals surface area (Å²) >= 11 is 0. The van der Waals surface area contributed by atoms with Gasteiger partial charge in [0.25, 0.3) is 0 Å². The first-order valence-electron chi connectivity index (χ1n) is 9.91. The van der Waals surface area contributed by atoms with Crippen molar-refractivity contribution >= 4 is 17.7 Å². The fourth-order valence-electron chi connectivity index (χ4n) is 3.23. The molecule has 0 fully saturated rings. The smallest absolute Gasteiger partial charge is 0.321 e. The number of carboxylic acid groups (broad SMARTS) is 1. The number of benzene rings is 2. The minimum absolute atomic E-state index is 0.117. The van der Waals surface area contributed by atoms with Crippen molar-refractivity contribution < 1.29 is 24.2 Å². The number of ketones is 1. The Morgan fingerprint density at radius 2 is 1.37 bits per heavy atom. The summed E-state index contributed by atoms with van der Waals surface area (Å²) in [5.41, 5.74) is 6.67. The Morgan fingerprint density at radius 3 is 1.80 bits per heavy atom. The second-order valence-electron chi connectivity index (χ2n) is 8.34. The van der Waals surface area contributed by atoms with Crippen LogP contribution in [0.15, 0.2) is 60.7 Å². The Morgan fingerprint density at radius 1 is 0.900 bits per heavy atom. The maximum absolute atomic E-state index is 13.5. The van der Waals surface area contributed by atoms with Crippen molar-refractivity contribution in [1.82, 2.24) is 0 Å². The zero-order valence-electron chi connectivity index (χ0n) is 17.6. The molecule has 0 saturated heterocycles. The Balaban J connectivity index is 2.38. The highest BCUT2D eigenvalue weighted by Crippen LogP contribution is 2.23. The van der Waals surface area contributed by atoms with Gasteiger partial charge in [0.05, 0.1) is 0 Å². The zero-order valence-corrected chi connectivity index (χ0v) is 17.6. The van der Waals surface area contributed by atoms with Crippen LogP contribution in [-0.4, -0.2) is 34.5 Å². The van der Waals surface area contributed by atoms with Crippen LogP contribution in [0.4, 0.5) is 0 Å². The summed E-state index contributed by atoms with van der Waals surface area (Å²) in [6, 6.07) is 16.7. The molecular formula is C24H29NO5. The topological polar surface area (TPSA) is 107 Å². The third-order valence-electron chi connectivity index (χ3n) is 4.70. The van der Waals surface area contributed by atoms with Crippen molar-refractivity contribution in [1.29, 1.82) is 0 Å². The summed E-state index contributed by atoms with van der Waals surface area (Å²) in [7, 11) is 0. The van der Waals surface area contributed by atoms with Gasteiger partial charge in [-0.1, -0.05) is 60.7 Å². The van der Waals surface area contributed by atoms with E-state index in [1.807, 2.05) is 36.4 Å². The minimum Gasteiger partial charge on any atom is -0.480 e. The maximum atomic E-state index is 13.5. The van der Waals surface area contributed by atoms with Crippen LogP contribution in [0.1, 0.15) is 31.9 Å². The van der Waals surface area contributed by atoms with Crippen molar-refractivity contribution in [2.24, 2.45) is 17.6 Å². The molecule has 0 aliphatic rings. The monoisotopic (exact) mass is 411 g/mol. The van der Waals surface area contributed by atoms with Crippen LogP contribution in [0.5, 0.6) is 0 Å².